The SMILES string of the molecule is NC[C@@H]1CCN(C(=O)c2ccccc2C(=O)c2ccc(Br)cc2)C1. The number of likely N-dealkylation sites (tertiary alicyclic amines) is 1. The Morgan fingerprint density at radius 3 is 2.38 bits per heavy atom. The predicted octanol–water partition coefficient (Wildman–Crippen LogP) is 3.10. The van der Waals surface area contributed by atoms with E-state index in [1.165, 1.54) is 0 Å². The van der Waals surface area contributed by atoms with Gasteiger partial charge in [0.05, 0.1) is 5.56 Å². The van der Waals surface area contributed by atoms with E-state index in [0.29, 0.717) is 42.2 Å². The van der Waals surface area contributed by atoms with Gasteiger partial charge in [-0.2, -0.15) is 0 Å². The molecule has 0 saturated carbocycles. The van der Waals surface area contributed by atoms with Crippen LogP contribution in [0.25, 0.3) is 0 Å². The molecule has 5 heteroatoms. The fraction of sp³-hybridized carbons (Fsp3) is 0.263. The molecule has 1 aliphatic heterocycles. The Morgan fingerprint density at radius 2 is 1.75 bits per heavy atom. The summed E-state index contributed by atoms with van der Waals surface area (Å²) in [6.45, 7) is 1.95. The summed E-state index contributed by atoms with van der Waals surface area (Å²) in [6, 6.07) is 14.2. The van der Waals surface area contributed by atoms with Crippen LogP contribution in [-0.4, -0.2) is 36.2 Å². The molecule has 3 rings (SSSR count). The first kappa shape index (κ1) is 16.9. The van der Waals surface area contributed by atoms with Crippen molar-refractivity contribution in [3.63, 3.8) is 0 Å². The largest absolute Gasteiger partial charge is 0.338 e. The molecule has 0 bridgehead atoms. The smallest absolute Gasteiger partial charge is 0.254 e. The van der Waals surface area contributed by atoms with Gasteiger partial charge in [-0.05, 0) is 49.2 Å². The molecule has 2 aromatic carbocycles. The summed E-state index contributed by atoms with van der Waals surface area (Å²) in [7, 11) is 0. The fourth-order valence-electron chi connectivity index (χ4n) is 3.00. The van der Waals surface area contributed by atoms with Gasteiger partial charge >= 0.3 is 0 Å². The molecule has 0 aromatic heterocycles. The van der Waals surface area contributed by atoms with Gasteiger partial charge in [-0.15, -0.1) is 0 Å². The second-order valence-corrected chi connectivity index (χ2v) is 6.94. The van der Waals surface area contributed by atoms with Crippen LogP contribution in [0.4, 0.5) is 0 Å². The van der Waals surface area contributed by atoms with Crippen LogP contribution in [0.2, 0.25) is 0 Å². The summed E-state index contributed by atoms with van der Waals surface area (Å²) in [6.07, 6.45) is 0.922. The maximum Gasteiger partial charge on any atom is 0.254 e. The highest BCUT2D eigenvalue weighted by Crippen LogP contribution is 2.22. The van der Waals surface area contributed by atoms with E-state index in [1.54, 1.807) is 41.3 Å². The number of ketones is 1. The molecule has 2 aromatic rings. The van der Waals surface area contributed by atoms with Crippen LogP contribution in [0.15, 0.2) is 53.0 Å². The Balaban J connectivity index is 1.89. The highest BCUT2D eigenvalue weighted by atomic mass is 79.9. The van der Waals surface area contributed by atoms with Gasteiger partial charge in [0.15, 0.2) is 5.78 Å². The van der Waals surface area contributed by atoms with Gasteiger partial charge in [0.1, 0.15) is 0 Å². The molecule has 1 aliphatic rings. The van der Waals surface area contributed by atoms with Gasteiger partial charge in [0.2, 0.25) is 0 Å². The quantitative estimate of drug-likeness (QED) is 0.821. The van der Waals surface area contributed by atoms with E-state index in [0.717, 1.165) is 10.9 Å². The molecule has 24 heavy (non-hydrogen) atoms. The van der Waals surface area contributed by atoms with Gasteiger partial charge in [-0.1, -0.05) is 34.1 Å². The Labute approximate surface area is 149 Å². The van der Waals surface area contributed by atoms with Crippen molar-refractivity contribution >= 4 is 27.6 Å². The first-order valence-corrected chi connectivity index (χ1v) is 8.78. The van der Waals surface area contributed by atoms with Crippen molar-refractivity contribution in [2.75, 3.05) is 19.6 Å². The molecule has 1 atom stereocenters. The van der Waals surface area contributed by atoms with Crippen LogP contribution in [-0.2, 0) is 0 Å². The molecule has 0 aliphatic carbocycles. The molecule has 1 heterocycles. The van der Waals surface area contributed by atoms with Gasteiger partial charge in [-0.25, -0.2) is 0 Å². The number of halogens is 1. The van der Waals surface area contributed by atoms with Crippen LogP contribution >= 0.6 is 15.9 Å². The molecular weight excluding hydrogens is 368 g/mol. The van der Waals surface area contributed by atoms with E-state index < -0.39 is 0 Å². The Hall–Kier alpha value is -1.98. The third-order valence-electron chi connectivity index (χ3n) is 4.41. The molecule has 124 valence electrons. The fourth-order valence-corrected chi connectivity index (χ4v) is 3.27. The molecular formula is C19H19BrN2O2. The molecule has 1 saturated heterocycles. The third kappa shape index (κ3) is 3.42. The number of nitrogens with two attached hydrogens (primary N) is 1. The lowest BCUT2D eigenvalue weighted by molar-refractivity contribution is 0.0783. The standard InChI is InChI=1S/C19H19BrN2O2/c20-15-7-5-14(6-8-15)18(23)16-3-1-2-4-17(16)19(24)22-10-9-13(11-21)12-22/h1-8,13H,9-12,21H2/t13-/m0/s1. The number of nitrogens with zero attached hydrogens (tertiary/aromatic N) is 1. The lowest BCUT2D eigenvalue weighted by atomic mass is 9.97. The zero-order chi connectivity index (χ0) is 17.1. The molecule has 1 fully saturated rings. The average molecular weight is 387 g/mol. The van der Waals surface area contributed by atoms with Gasteiger partial charge < -0.3 is 10.6 Å². The van der Waals surface area contributed by atoms with Crippen molar-refractivity contribution in [1.82, 2.24) is 4.90 Å². The Kier molecular flexibility index (Phi) is 5.11. The number of carbonyl (C=O) groups excluding carboxylic acids is 2. The van der Waals surface area contributed by atoms with Crippen molar-refractivity contribution in [3.8, 4) is 0 Å². The predicted molar refractivity (Wildman–Crippen MR) is 97.1 cm³/mol. The topological polar surface area (TPSA) is 63.4 Å². The van der Waals surface area contributed by atoms with Crippen molar-refractivity contribution in [1.29, 1.82) is 0 Å². The maximum absolute atomic E-state index is 12.8. The molecule has 0 radical (unpaired) electrons. The van der Waals surface area contributed by atoms with Crippen molar-refractivity contribution in [2.24, 2.45) is 11.7 Å². The number of carbonyl (C=O) groups is 2. The summed E-state index contributed by atoms with van der Waals surface area (Å²) in [4.78, 5) is 27.5. The van der Waals surface area contributed by atoms with E-state index >= 15 is 0 Å². The lowest BCUT2D eigenvalue weighted by Crippen LogP contribution is -2.31. The third-order valence-corrected chi connectivity index (χ3v) is 4.94. The Morgan fingerprint density at radius 1 is 1.08 bits per heavy atom. The van der Waals surface area contributed by atoms with E-state index in [4.69, 9.17) is 5.73 Å². The number of hydrogen-bond acceptors (Lipinski definition) is 3. The van der Waals surface area contributed by atoms with Crippen LogP contribution in [0.1, 0.15) is 32.7 Å². The number of amides is 1. The first-order valence-electron chi connectivity index (χ1n) is 7.99. The van der Waals surface area contributed by atoms with Crippen molar-refractivity contribution in [2.45, 2.75) is 6.42 Å². The number of rotatable bonds is 4. The highest BCUT2D eigenvalue weighted by Gasteiger charge is 2.28. The maximum atomic E-state index is 12.8. The van der Waals surface area contributed by atoms with Crippen LogP contribution in [0.5, 0.6) is 0 Å². The average Bonchev–Trinajstić information content (AvgIpc) is 3.10. The van der Waals surface area contributed by atoms with Crippen LogP contribution in [0, 0.1) is 5.92 Å². The molecule has 4 nitrogen and oxygen atoms in total. The van der Waals surface area contributed by atoms with Crippen molar-refractivity contribution in [3.05, 3.63) is 69.7 Å². The minimum absolute atomic E-state index is 0.0907. The van der Waals surface area contributed by atoms with Gasteiger partial charge in [-0.3, -0.25) is 9.59 Å². The van der Waals surface area contributed by atoms with E-state index in [1.807, 2.05) is 12.1 Å². The summed E-state index contributed by atoms with van der Waals surface area (Å²) in [5, 5.41) is 0. The van der Waals surface area contributed by atoms with E-state index in [2.05, 4.69) is 15.9 Å². The van der Waals surface area contributed by atoms with E-state index in [9.17, 15) is 9.59 Å². The Bertz CT molecular complexity index is 758. The minimum Gasteiger partial charge on any atom is -0.338 e. The molecule has 2 N–H and O–H groups in total. The number of benzene rings is 2. The van der Waals surface area contributed by atoms with Gasteiger partial charge in [0.25, 0.3) is 5.91 Å². The summed E-state index contributed by atoms with van der Waals surface area (Å²) >= 11 is 3.36. The summed E-state index contributed by atoms with van der Waals surface area (Å²) in [5.74, 6) is 0.122. The zero-order valence-corrected chi connectivity index (χ0v) is 14.8. The number of hydrogen-bond donors (Lipinski definition) is 1. The first-order chi connectivity index (χ1) is 11.6. The molecule has 1 amide bonds. The summed E-state index contributed by atoms with van der Waals surface area (Å²) < 4.78 is 0.910. The monoisotopic (exact) mass is 386 g/mol. The highest BCUT2D eigenvalue weighted by molar-refractivity contribution is 9.10. The molecule has 0 unspecified atom stereocenters. The van der Waals surface area contributed by atoms with Crippen LogP contribution < -0.4 is 5.73 Å². The summed E-state index contributed by atoms with van der Waals surface area (Å²) in [5.41, 5.74) is 7.18. The normalized spacial score (nSPS) is 17.1. The lowest BCUT2D eigenvalue weighted by Gasteiger charge is -2.18. The van der Waals surface area contributed by atoms with E-state index in [-0.39, 0.29) is 11.7 Å². The minimum atomic E-state index is -0.138. The molecule has 0 spiro atoms. The van der Waals surface area contributed by atoms with Crippen molar-refractivity contribution < 1.29 is 9.59 Å². The van der Waals surface area contributed by atoms with Crippen LogP contribution in [0.3, 0.4) is 0 Å². The van der Waals surface area contributed by atoms with Gasteiger partial charge in [0, 0.05) is 28.7 Å². The second-order valence-electron chi connectivity index (χ2n) is 6.02. The second kappa shape index (κ2) is 7.28. The zero-order valence-electron chi connectivity index (χ0n) is 13.2.